The van der Waals surface area contributed by atoms with Crippen molar-refractivity contribution in [1.29, 1.82) is 0 Å². The van der Waals surface area contributed by atoms with E-state index in [1.807, 2.05) is 6.07 Å². The minimum atomic E-state index is -0.761. The van der Waals surface area contributed by atoms with Gasteiger partial charge >= 0.3 is 0 Å². The second-order valence-electron chi connectivity index (χ2n) is 4.39. The van der Waals surface area contributed by atoms with E-state index in [2.05, 4.69) is 20.8 Å². The van der Waals surface area contributed by atoms with Crippen molar-refractivity contribution in [2.75, 3.05) is 0 Å². The summed E-state index contributed by atoms with van der Waals surface area (Å²) in [6.07, 6.45) is -0.761. The molecular formula is C13H19FOS. The van der Waals surface area contributed by atoms with Crippen molar-refractivity contribution in [3.63, 3.8) is 0 Å². The zero-order chi connectivity index (χ0) is 12.3. The van der Waals surface area contributed by atoms with Gasteiger partial charge in [0.1, 0.15) is 5.82 Å². The summed E-state index contributed by atoms with van der Waals surface area (Å²) >= 11 is 1.62. The lowest BCUT2D eigenvalue weighted by Gasteiger charge is -2.18. The molecular weight excluding hydrogens is 223 g/mol. The van der Waals surface area contributed by atoms with Crippen LogP contribution >= 0.6 is 11.8 Å². The average molecular weight is 242 g/mol. The highest BCUT2D eigenvalue weighted by molar-refractivity contribution is 8.00. The van der Waals surface area contributed by atoms with Gasteiger partial charge < -0.3 is 5.11 Å². The largest absolute Gasteiger partial charge is 0.389 e. The van der Waals surface area contributed by atoms with E-state index in [9.17, 15) is 9.50 Å². The van der Waals surface area contributed by atoms with Gasteiger partial charge in [-0.3, -0.25) is 0 Å². The average Bonchev–Trinajstić information content (AvgIpc) is 2.16. The molecule has 0 heterocycles. The lowest BCUT2D eigenvalue weighted by molar-refractivity contribution is 0.191. The Bertz CT molecular complexity index is 350. The zero-order valence-electron chi connectivity index (χ0n) is 10.2. The summed E-state index contributed by atoms with van der Waals surface area (Å²) in [5, 5.41) is 9.99. The molecule has 90 valence electrons. The highest BCUT2D eigenvalue weighted by Gasteiger charge is 2.17. The minimum absolute atomic E-state index is 0.323. The number of rotatable bonds is 4. The number of benzene rings is 1. The molecule has 0 aliphatic carbocycles. The molecule has 0 amide bonds. The number of aliphatic hydroxyl groups is 1. The number of hydrogen-bond donors (Lipinski definition) is 1. The predicted molar refractivity (Wildman–Crippen MR) is 67.2 cm³/mol. The summed E-state index contributed by atoms with van der Waals surface area (Å²) in [5.74, 6) is 0.200. The van der Waals surface area contributed by atoms with Crippen LogP contribution in [0.25, 0.3) is 0 Å². The van der Waals surface area contributed by atoms with Gasteiger partial charge in [0.15, 0.2) is 0 Å². The predicted octanol–water partition coefficient (Wildman–Crippen LogP) is 4.02. The normalized spacial score (nSPS) is 15.2. The Balaban J connectivity index is 2.99. The van der Waals surface area contributed by atoms with Crippen LogP contribution in [0.1, 0.15) is 39.4 Å². The molecule has 2 atom stereocenters. The van der Waals surface area contributed by atoms with Crippen molar-refractivity contribution >= 4 is 11.8 Å². The highest BCUT2D eigenvalue weighted by atomic mass is 32.2. The fraction of sp³-hybridized carbons (Fsp3) is 0.538. The van der Waals surface area contributed by atoms with E-state index >= 15 is 0 Å². The fourth-order valence-corrected chi connectivity index (χ4v) is 2.59. The molecule has 0 aromatic heterocycles. The Hall–Kier alpha value is -0.540. The maximum Gasteiger partial charge on any atom is 0.130 e. The van der Waals surface area contributed by atoms with E-state index in [1.54, 1.807) is 24.8 Å². The van der Waals surface area contributed by atoms with Crippen molar-refractivity contribution in [3.8, 4) is 0 Å². The van der Waals surface area contributed by atoms with Gasteiger partial charge in [0, 0.05) is 15.7 Å². The van der Waals surface area contributed by atoms with Crippen molar-refractivity contribution < 1.29 is 9.50 Å². The van der Waals surface area contributed by atoms with Crippen LogP contribution in [0.4, 0.5) is 4.39 Å². The van der Waals surface area contributed by atoms with Crippen molar-refractivity contribution in [2.45, 2.75) is 43.9 Å². The molecule has 0 bridgehead atoms. The van der Waals surface area contributed by atoms with E-state index < -0.39 is 6.10 Å². The fourth-order valence-electron chi connectivity index (χ4n) is 1.36. The van der Waals surface area contributed by atoms with Crippen LogP contribution in [0.5, 0.6) is 0 Å². The standard InChI is InChI=1S/C13H19FOS/c1-8(2)10(4)16-12-7-5-6-11(14)13(12)9(3)15/h5-10,15H,1-4H3/t9-,10?/m1/s1. The molecule has 16 heavy (non-hydrogen) atoms. The van der Waals surface area contributed by atoms with Crippen LogP contribution in [-0.4, -0.2) is 10.4 Å². The van der Waals surface area contributed by atoms with Gasteiger partial charge in [-0.25, -0.2) is 4.39 Å². The summed E-state index contributed by atoms with van der Waals surface area (Å²) in [5.41, 5.74) is 0.417. The lowest BCUT2D eigenvalue weighted by Crippen LogP contribution is -2.07. The molecule has 0 fully saturated rings. The lowest BCUT2D eigenvalue weighted by atomic mass is 10.1. The Kier molecular flexibility index (Phi) is 4.81. The third kappa shape index (κ3) is 3.22. The molecule has 0 saturated heterocycles. The molecule has 1 nitrogen and oxygen atoms in total. The third-order valence-electron chi connectivity index (χ3n) is 2.68. The Labute approximate surface area is 101 Å². The number of halogens is 1. The van der Waals surface area contributed by atoms with E-state index in [0.717, 1.165) is 4.90 Å². The maximum absolute atomic E-state index is 13.6. The van der Waals surface area contributed by atoms with Gasteiger partial charge in [-0.15, -0.1) is 11.8 Å². The molecule has 1 rings (SSSR count). The monoisotopic (exact) mass is 242 g/mol. The molecule has 1 unspecified atom stereocenters. The molecule has 1 aromatic carbocycles. The number of aliphatic hydroxyl groups excluding tert-OH is 1. The van der Waals surface area contributed by atoms with Crippen LogP contribution in [-0.2, 0) is 0 Å². The summed E-state index contributed by atoms with van der Waals surface area (Å²) < 4.78 is 13.6. The minimum Gasteiger partial charge on any atom is -0.389 e. The molecule has 0 aliphatic heterocycles. The van der Waals surface area contributed by atoms with Gasteiger partial charge in [-0.05, 0) is 25.0 Å². The van der Waals surface area contributed by atoms with Gasteiger partial charge in [-0.2, -0.15) is 0 Å². The first-order valence-corrected chi connectivity index (χ1v) is 6.44. The van der Waals surface area contributed by atoms with Gasteiger partial charge in [-0.1, -0.05) is 26.8 Å². The molecule has 1 N–H and O–H groups in total. The maximum atomic E-state index is 13.6. The van der Waals surface area contributed by atoms with Gasteiger partial charge in [0.05, 0.1) is 6.10 Å². The number of hydrogen-bond acceptors (Lipinski definition) is 2. The molecule has 1 aromatic rings. The van der Waals surface area contributed by atoms with Gasteiger partial charge in [0.2, 0.25) is 0 Å². The molecule has 0 aliphatic rings. The summed E-state index contributed by atoms with van der Waals surface area (Å²) in [7, 11) is 0. The van der Waals surface area contributed by atoms with Gasteiger partial charge in [0.25, 0.3) is 0 Å². The summed E-state index contributed by atoms with van der Waals surface area (Å²) in [6, 6.07) is 4.96. The van der Waals surface area contributed by atoms with Crippen LogP contribution in [0.2, 0.25) is 0 Å². The second-order valence-corrected chi connectivity index (χ2v) is 5.81. The quantitative estimate of drug-likeness (QED) is 0.805. The van der Waals surface area contributed by atoms with E-state index in [0.29, 0.717) is 16.7 Å². The van der Waals surface area contributed by atoms with Crippen molar-refractivity contribution in [1.82, 2.24) is 0 Å². The zero-order valence-corrected chi connectivity index (χ0v) is 11.0. The van der Waals surface area contributed by atoms with E-state index in [-0.39, 0.29) is 5.82 Å². The molecule has 0 spiro atoms. The first-order valence-electron chi connectivity index (χ1n) is 5.56. The Morgan fingerprint density at radius 2 is 1.81 bits per heavy atom. The second kappa shape index (κ2) is 5.69. The van der Waals surface area contributed by atoms with Crippen molar-refractivity contribution in [2.24, 2.45) is 5.92 Å². The summed E-state index contributed by atoms with van der Waals surface area (Å²) in [6.45, 7) is 7.99. The van der Waals surface area contributed by atoms with Crippen LogP contribution in [0.15, 0.2) is 23.1 Å². The van der Waals surface area contributed by atoms with Crippen LogP contribution in [0, 0.1) is 11.7 Å². The Morgan fingerprint density at radius 3 is 2.31 bits per heavy atom. The molecule has 0 radical (unpaired) electrons. The smallest absolute Gasteiger partial charge is 0.130 e. The highest BCUT2D eigenvalue weighted by Crippen LogP contribution is 2.34. The van der Waals surface area contributed by atoms with Crippen LogP contribution < -0.4 is 0 Å². The van der Waals surface area contributed by atoms with E-state index in [4.69, 9.17) is 0 Å². The summed E-state index contributed by atoms with van der Waals surface area (Å²) in [4.78, 5) is 0.844. The molecule has 3 heteroatoms. The Morgan fingerprint density at radius 1 is 1.19 bits per heavy atom. The number of thioether (sulfide) groups is 1. The van der Waals surface area contributed by atoms with Crippen LogP contribution in [0.3, 0.4) is 0 Å². The first kappa shape index (κ1) is 13.5. The SMILES string of the molecule is CC(C)C(C)Sc1cccc(F)c1[C@@H](C)O. The van der Waals surface area contributed by atoms with E-state index in [1.165, 1.54) is 6.07 Å². The molecule has 0 saturated carbocycles. The topological polar surface area (TPSA) is 20.2 Å². The van der Waals surface area contributed by atoms with Crippen molar-refractivity contribution in [3.05, 3.63) is 29.6 Å². The third-order valence-corrected chi connectivity index (χ3v) is 4.21. The first-order chi connectivity index (χ1) is 7.43.